The summed E-state index contributed by atoms with van der Waals surface area (Å²) in [5.74, 6) is 0. The van der Waals surface area contributed by atoms with Crippen LogP contribution in [-0.2, 0) is 0 Å². The van der Waals surface area contributed by atoms with Crippen molar-refractivity contribution in [2.75, 3.05) is 6.54 Å². The topological polar surface area (TPSA) is 26.0 Å². The highest BCUT2D eigenvalue weighted by molar-refractivity contribution is 4.34. The number of hydrogen-bond acceptors (Lipinski definition) is 1. The predicted molar refractivity (Wildman–Crippen MR) is 28.6 cm³/mol. The standard InChI is InChI=1S/C5H13N/c1-2-3-4-5-6/h2-6H2,1H3/i/hD2. The minimum absolute atomic E-state index is 0.577. The fourth-order valence-corrected chi connectivity index (χ4v) is 0.362. The molecule has 0 amide bonds. The van der Waals surface area contributed by atoms with Gasteiger partial charge in [-0.25, -0.2) is 0 Å². The van der Waals surface area contributed by atoms with E-state index >= 15 is 0 Å². The molecule has 1 heteroatoms. The fourth-order valence-electron chi connectivity index (χ4n) is 0.362. The normalized spacial score (nSPS) is 14.3. The van der Waals surface area contributed by atoms with Crippen molar-refractivity contribution in [1.82, 2.24) is 0 Å². The summed E-state index contributed by atoms with van der Waals surface area (Å²) in [6, 6.07) is 0. The third kappa shape index (κ3) is 3.96. The molecule has 0 aliphatic heterocycles. The van der Waals surface area contributed by atoms with Gasteiger partial charge in [-0.05, 0) is 13.0 Å². The lowest BCUT2D eigenvalue weighted by atomic mass is 10.3. The predicted octanol–water partition coefficient (Wildman–Crippen LogP) is 1.14. The lowest BCUT2D eigenvalue weighted by molar-refractivity contribution is 0.727. The summed E-state index contributed by atoms with van der Waals surface area (Å²) in [5.41, 5.74) is 0.732. The van der Waals surface area contributed by atoms with Crippen molar-refractivity contribution < 1.29 is 2.82 Å². The van der Waals surface area contributed by atoms with Crippen LogP contribution in [0.15, 0.2) is 0 Å². The van der Waals surface area contributed by atoms with Crippen molar-refractivity contribution >= 4 is 0 Å². The molecule has 0 saturated heterocycles. The van der Waals surface area contributed by atoms with E-state index in [-0.39, 0.29) is 0 Å². The van der Waals surface area contributed by atoms with Crippen molar-refractivity contribution in [3.63, 3.8) is 0 Å². The van der Waals surface area contributed by atoms with Crippen LogP contribution in [0.2, 0.25) is 2.82 Å². The van der Waals surface area contributed by atoms with Crippen LogP contribution in [0.1, 0.15) is 26.2 Å². The summed E-state index contributed by atoms with van der Waals surface area (Å²) >= 11 is 0. The Morgan fingerprint density at radius 3 is 3.00 bits per heavy atom. The van der Waals surface area contributed by atoms with Gasteiger partial charge < -0.3 is 5.72 Å². The van der Waals surface area contributed by atoms with E-state index in [1.54, 1.807) is 0 Å². The van der Waals surface area contributed by atoms with Gasteiger partial charge in [0.25, 0.3) is 0 Å². The summed E-state index contributed by atoms with van der Waals surface area (Å²) in [5, 5.41) is 0. The van der Waals surface area contributed by atoms with Crippen LogP contribution in [0.4, 0.5) is 0 Å². The van der Waals surface area contributed by atoms with Gasteiger partial charge in [0.15, 0.2) is 0 Å². The average Bonchev–Trinajstić information content (AvgIpc) is 1.66. The van der Waals surface area contributed by atoms with Gasteiger partial charge in [0.05, 0.1) is 0 Å². The maximum Gasteiger partial charge on any atom is 0.118 e. The summed E-state index contributed by atoms with van der Waals surface area (Å²) in [6.07, 6.45) is 3.27. The monoisotopic (exact) mass is 89.1 g/mol. The van der Waals surface area contributed by atoms with Gasteiger partial charge in [0, 0.05) is 0 Å². The van der Waals surface area contributed by atoms with Gasteiger partial charge in [0.2, 0.25) is 0 Å². The maximum absolute atomic E-state index is 6.66. The second-order valence-corrected chi connectivity index (χ2v) is 1.43. The molecule has 0 heterocycles. The van der Waals surface area contributed by atoms with E-state index < -0.39 is 0 Å². The molecule has 0 radical (unpaired) electrons. The van der Waals surface area contributed by atoms with Crippen LogP contribution in [-0.4, -0.2) is 6.54 Å². The summed E-state index contributed by atoms with van der Waals surface area (Å²) in [4.78, 5) is 0. The van der Waals surface area contributed by atoms with Gasteiger partial charge >= 0.3 is 0 Å². The molecule has 0 aromatic rings. The molecule has 1 nitrogen and oxygen atoms in total. The molecule has 0 atom stereocenters. The lowest BCUT2D eigenvalue weighted by Gasteiger charge is -1.86. The molecule has 0 fully saturated rings. The number of rotatable bonds is 4. The van der Waals surface area contributed by atoms with Crippen LogP contribution in [0.3, 0.4) is 0 Å². The fraction of sp³-hybridized carbons (Fsp3) is 1.00. The minimum Gasteiger partial charge on any atom is -0.330 e. The molecule has 0 bridgehead atoms. The van der Waals surface area contributed by atoms with Crippen molar-refractivity contribution in [3.8, 4) is 0 Å². The average molecular weight is 89.2 g/mol. The van der Waals surface area contributed by atoms with E-state index in [1.165, 1.54) is 0 Å². The Balaban J connectivity index is 2.72. The Hall–Kier alpha value is -0.0400. The van der Waals surface area contributed by atoms with E-state index in [0.717, 1.165) is 25.0 Å². The zero-order valence-electron chi connectivity index (χ0n) is 6.28. The molecule has 0 aromatic heterocycles. The van der Waals surface area contributed by atoms with Gasteiger partial charge in [-0.3, -0.25) is 0 Å². The van der Waals surface area contributed by atoms with Crippen LogP contribution >= 0.6 is 0 Å². The van der Waals surface area contributed by atoms with Crippen LogP contribution in [0.5, 0.6) is 0 Å². The highest BCUT2D eigenvalue weighted by Crippen LogP contribution is 1.88. The van der Waals surface area contributed by atoms with E-state index in [4.69, 9.17) is 2.82 Å². The largest absolute Gasteiger partial charge is 0.330 e. The minimum atomic E-state index is 0.577. The number of unbranched alkanes of at least 4 members (excludes halogenated alkanes) is 2. The first kappa shape index (κ1) is 3.03. The van der Waals surface area contributed by atoms with Crippen molar-refractivity contribution in [2.45, 2.75) is 26.2 Å². The third-order valence-electron chi connectivity index (χ3n) is 0.762. The molecule has 38 valence electrons. The molecular formula is C5H13N. The van der Waals surface area contributed by atoms with Gasteiger partial charge in [0.1, 0.15) is 2.82 Å². The first-order valence-electron chi connectivity index (χ1n) is 3.42. The second-order valence-electron chi connectivity index (χ2n) is 1.43. The SMILES string of the molecule is [2H]N([2H])CCCCC. The summed E-state index contributed by atoms with van der Waals surface area (Å²) < 4.78 is 13.3. The molecule has 6 heavy (non-hydrogen) atoms. The quantitative estimate of drug-likeness (QED) is 0.513. The van der Waals surface area contributed by atoms with E-state index in [1.807, 2.05) is 0 Å². The van der Waals surface area contributed by atoms with Crippen LogP contribution in [0, 0.1) is 0 Å². The maximum atomic E-state index is 6.66. The van der Waals surface area contributed by atoms with Gasteiger partial charge in [-0.15, -0.1) is 0 Å². The third-order valence-corrected chi connectivity index (χ3v) is 0.762. The Labute approximate surface area is 42.5 Å². The van der Waals surface area contributed by atoms with E-state index in [2.05, 4.69) is 6.92 Å². The van der Waals surface area contributed by atoms with Crippen LogP contribution in [0.25, 0.3) is 0 Å². The van der Waals surface area contributed by atoms with Crippen LogP contribution < -0.4 is 5.72 Å². The van der Waals surface area contributed by atoms with Crippen molar-refractivity contribution in [2.24, 2.45) is 5.72 Å². The highest BCUT2D eigenvalue weighted by Gasteiger charge is 1.75. The summed E-state index contributed by atoms with van der Waals surface area (Å²) in [6.45, 7) is 2.69. The van der Waals surface area contributed by atoms with Crippen molar-refractivity contribution in [3.05, 3.63) is 0 Å². The Morgan fingerprint density at radius 2 is 2.50 bits per heavy atom. The number of hydrogen-bond donors (Lipinski definition) is 1. The molecule has 0 aliphatic carbocycles. The van der Waals surface area contributed by atoms with Crippen molar-refractivity contribution in [1.29, 1.82) is 0 Å². The van der Waals surface area contributed by atoms with Gasteiger partial charge in [-0.2, -0.15) is 0 Å². The molecule has 0 spiro atoms. The zero-order chi connectivity index (χ0) is 6.41. The van der Waals surface area contributed by atoms with Gasteiger partial charge in [-0.1, -0.05) is 19.8 Å². The lowest BCUT2D eigenvalue weighted by Crippen LogP contribution is -1.96. The summed E-state index contributed by atoms with van der Waals surface area (Å²) in [7, 11) is 0. The zero-order valence-corrected chi connectivity index (χ0v) is 4.28. The molecule has 0 aliphatic rings. The first-order valence-corrected chi connectivity index (χ1v) is 2.52. The Kier molecular flexibility index (Phi) is 2.50. The molecule has 0 unspecified atom stereocenters. The Morgan fingerprint density at radius 1 is 1.67 bits per heavy atom. The molecule has 0 rings (SSSR count). The first-order chi connectivity index (χ1) is 3.77. The highest BCUT2D eigenvalue weighted by atomic mass is 14.5. The van der Waals surface area contributed by atoms with E-state index in [0.29, 0.717) is 6.54 Å². The van der Waals surface area contributed by atoms with E-state index in [9.17, 15) is 0 Å². The molecule has 0 aromatic carbocycles. The number of nitrogens with two attached hydrogens (primary N) is 1. The Bertz CT molecular complexity index is 47.7. The molecular weight excluding hydrogens is 74.1 g/mol. The smallest absolute Gasteiger partial charge is 0.118 e. The molecule has 2 N–H and O–H groups in total. The molecule has 0 saturated carbocycles. The second kappa shape index (κ2) is 4.96.